The molecule has 1 aliphatic carbocycles. The molecular formula is C23H28ClN5O3. The molecule has 0 unspecified atom stereocenters. The molecule has 2 aliphatic rings. The van der Waals surface area contributed by atoms with Crippen molar-refractivity contribution in [2.75, 3.05) is 12.4 Å². The molecule has 2 heterocycles. The zero-order chi connectivity index (χ0) is 22.9. The van der Waals surface area contributed by atoms with Crippen LogP contribution in [0.4, 0.5) is 5.69 Å². The van der Waals surface area contributed by atoms with Crippen LogP contribution in [0.2, 0.25) is 5.02 Å². The van der Waals surface area contributed by atoms with Gasteiger partial charge < -0.3 is 15.5 Å². The SMILES string of the molecule is CN1C(=O)c2cc(C(=O)Nc3ccccc3Cl)nn2C[C@]1(C)C(=O)NC1CCCCCC1. The number of likely N-dealkylation sites (N-methyl/N-ethyl adjacent to an activating group) is 1. The number of rotatable bonds is 4. The monoisotopic (exact) mass is 457 g/mol. The van der Waals surface area contributed by atoms with Crippen molar-refractivity contribution in [1.82, 2.24) is 20.0 Å². The van der Waals surface area contributed by atoms with E-state index >= 15 is 0 Å². The molecule has 8 nitrogen and oxygen atoms in total. The summed E-state index contributed by atoms with van der Waals surface area (Å²) in [7, 11) is 1.62. The second-order valence-electron chi connectivity index (χ2n) is 8.81. The smallest absolute Gasteiger partial charge is 0.276 e. The number of carbonyl (C=O) groups is 3. The van der Waals surface area contributed by atoms with Crippen LogP contribution in [0, 0.1) is 0 Å². The fraction of sp³-hybridized carbons (Fsp3) is 0.478. The molecule has 2 aromatic rings. The van der Waals surface area contributed by atoms with E-state index in [-0.39, 0.29) is 35.8 Å². The Morgan fingerprint density at radius 3 is 2.53 bits per heavy atom. The van der Waals surface area contributed by atoms with E-state index in [1.165, 1.54) is 28.5 Å². The Kier molecular flexibility index (Phi) is 6.24. The lowest BCUT2D eigenvalue weighted by Gasteiger charge is -2.41. The molecule has 0 spiro atoms. The minimum absolute atomic E-state index is 0.0927. The zero-order valence-electron chi connectivity index (χ0n) is 18.4. The van der Waals surface area contributed by atoms with E-state index in [0.717, 1.165) is 25.7 Å². The van der Waals surface area contributed by atoms with Crippen LogP contribution in [0.1, 0.15) is 66.4 Å². The highest BCUT2D eigenvalue weighted by Gasteiger charge is 2.46. The van der Waals surface area contributed by atoms with Gasteiger partial charge in [-0.05, 0) is 31.9 Å². The number of nitrogens with one attached hydrogen (secondary N) is 2. The highest BCUT2D eigenvalue weighted by atomic mass is 35.5. The van der Waals surface area contributed by atoms with Crippen molar-refractivity contribution in [3.05, 3.63) is 46.7 Å². The number of anilines is 1. The summed E-state index contributed by atoms with van der Waals surface area (Å²) in [4.78, 5) is 40.5. The van der Waals surface area contributed by atoms with Crippen molar-refractivity contribution < 1.29 is 14.4 Å². The molecule has 1 atom stereocenters. The van der Waals surface area contributed by atoms with Crippen molar-refractivity contribution in [3.63, 3.8) is 0 Å². The van der Waals surface area contributed by atoms with Gasteiger partial charge in [-0.3, -0.25) is 19.1 Å². The fourth-order valence-corrected chi connectivity index (χ4v) is 4.53. The predicted octanol–water partition coefficient (Wildman–Crippen LogP) is 3.47. The van der Waals surface area contributed by atoms with Crippen molar-refractivity contribution in [2.45, 2.75) is 63.6 Å². The summed E-state index contributed by atoms with van der Waals surface area (Å²) in [5.41, 5.74) is -0.272. The molecule has 2 N–H and O–H groups in total. The third kappa shape index (κ3) is 4.24. The van der Waals surface area contributed by atoms with E-state index < -0.39 is 11.4 Å². The van der Waals surface area contributed by atoms with Crippen LogP contribution in [0.25, 0.3) is 0 Å². The molecule has 1 saturated carbocycles. The summed E-state index contributed by atoms with van der Waals surface area (Å²) in [6.07, 6.45) is 6.50. The Labute approximate surface area is 192 Å². The lowest BCUT2D eigenvalue weighted by atomic mass is 9.95. The maximum Gasteiger partial charge on any atom is 0.276 e. The van der Waals surface area contributed by atoms with E-state index in [2.05, 4.69) is 15.7 Å². The van der Waals surface area contributed by atoms with E-state index in [4.69, 9.17) is 11.6 Å². The number of amides is 3. The topological polar surface area (TPSA) is 96.3 Å². The van der Waals surface area contributed by atoms with E-state index in [0.29, 0.717) is 10.7 Å². The maximum atomic E-state index is 13.2. The molecule has 0 bridgehead atoms. The molecule has 3 amide bonds. The average Bonchev–Trinajstić information content (AvgIpc) is 3.02. The van der Waals surface area contributed by atoms with Gasteiger partial charge in [-0.2, -0.15) is 5.10 Å². The Balaban J connectivity index is 1.53. The largest absolute Gasteiger partial charge is 0.351 e. The van der Waals surface area contributed by atoms with Gasteiger partial charge in [0.1, 0.15) is 11.2 Å². The second-order valence-corrected chi connectivity index (χ2v) is 9.21. The second kappa shape index (κ2) is 8.94. The average molecular weight is 458 g/mol. The molecule has 1 aliphatic heterocycles. The summed E-state index contributed by atoms with van der Waals surface area (Å²) in [5, 5.41) is 10.6. The van der Waals surface area contributed by atoms with Gasteiger partial charge in [0.05, 0.1) is 17.3 Å². The molecular weight excluding hydrogens is 430 g/mol. The Morgan fingerprint density at radius 2 is 1.84 bits per heavy atom. The molecule has 1 aromatic heterocycles. The van der Waals surface area contributed by atoms with Gasteiger partial charge in [0.15, 0.2) is 5.69 Å². The van der Waals surface area contributed by atoms with Crippen LogP contribution in [-0.2, 0) is 11.3 Å². The molecule has 4 rings (SSSR count). The summed E-state index contributed by atoms with van der Waals surface area (Å²) in [6, 6.07) is 8.46. The quantitative estimate of drug-likeness (QED) is 0.687. The van der Waals surface area contributed by atoms with E-state index in [9.17, 15) is 14.4 Å². The third-order valence-electron chi connectivity index (χ3n) is 6.54. The van der Waals surface area contributed by atoms with Gasteiger partial charge in [0, 0.05) is 19.2 Å². The number of hydrogen-bond donors (Lipinski definition) is 2. The molecule has 170 valence electrons. The van der Waals surface area contributed by atoms with Crippen molar-refractivity contribution in [2.24, 2.45) is 0 Å². The highest BCUT2D eigenvalue weighted by molar-refractivity contribution is 6.33. The molecule has 32 heavy (non-hydrogen) atoms. The lowest BCUT2D eigenvalue weighted by molar-refractivity contribution is -0.133. The minimum Gasteiger partial charge on any atom is -0.351 e. The number of fused-ring (bicyclic) bond motifs is 1. The van der Waals surface area contributed by atoms with Crippen molar-refractivity contribution in [3.8, 4) is 0 Å². The Bertz CT molecular complexity index is 1040. The third-order valence-corrected chi connectivity index (χ3v) is 6.87. The number of carbonyl (C=O) groups excluding carboxylic acids is 3. The van der Waals surface area contributed by atoms with Crippen LogP contribution < -0.4 is 10.6 Å². The molecule has 0 saturated heterocycles. The van der Waals surface area contributed by atoms with Crippen molar-refractivity contribution >= 4 is 35.0 Å². The van der Waals surface area contributed by atoms with Crippen LogP contribution in [-0.4, -0.2) is 51.0 Å². The zero-order valence-corrected chi connectivity index (χ0v) is 19.1. The first kappa shape index (κ1) is 22.3. The number of para-hydroxylation sites is 1. The van der Waals surface area contributed by atoms with Gasteiger partial charge >= 0.3 is 0 Å². The van der Waals surface area contributed by atoms with Crippen LogP contribution in [0.3, 0.4) is 0 Å². The predicted molar refractivity (Wildman–Crippen MR) is 122 cm³/mol. The van der Waals surface area contributed by atoms with E-state index in [1.807, 2.05) is 0 Å². The number of aromatic nitrogens is 2. The van der Waals surface area contributed by atoms with Gasteiger partial charge in [-0.1, -0.05) is 49.4 Å². The summed E-state index contributed by atoms with van der Waals surface area (Å²) in [5.74, 6) is -1.01. The standard InChI is InChI=1S/C23H28ClN5O3/c1-23(22(32)25-15-9-5-3-4-6-10-15)14-29-19(21(31)28(23)2)13-18(27-29)20(30)26-17-12-8-7-11-16(17)24/h7-8,11-13,15H,3-6,9-10,14H2,1-2H3,(H,25,32)(H,26,30)/t23-/m1/s1. The summed E-state index contributed by atoms with van der Waals surface area (Å²) >= 11 is 6.12. The number of benzene rings is 1. The molecule has 1 aromatic carbocycles. The van der Waals surface area contributed by atoms with Gasteiger partial charge in [-0.15, -0.1) is 0 Å². The van der Waals surface area contributed by atoms with Gasteiger partial charge in [-0.25, -0.2) is 0 Å². The Hall–Kier alpha value is -2.87. The maximum absolute atomic E-state index is 13.2. The molecule has 9 heteroatoms. The van der Waals surface area contributed by atoms with E-state index in [1.54, 1.807) is 38.2 Å². The highest BCUT2D eigenvalue weighted by Crippen LogP contribution is 2.28. The minimum atomic E-state index is -1.10. The fourth-order valence-electron chi connectivity index (χ4n) is 4.35. The lowest BCUT2D eigenvalue weighted by Crippen LogP contribution is -2.63. The Morgan fingerprint density at radius 1 is 1.16 bits per heavy atom. The first-order valence-electron chi connectivity index (χ1n) is 11.0. The first-order chi connectivity index (χ1) is 15.3. The molecule has 1 fully saturated rings. The van der Waals surface area contributed by atoms with Crippen LogP contribution in [0.15, 0.2) is 30.3 Å². The van der Waals surface area contributed by atoms with Crippen LogP contribution >= 0.6 is 11.6 Å². The normalized spacial score (nSPS) is 21.6. The van der Waals surface area contributed by atoms with Crippen LogP contribution in [0.5, 0.6) is 0 Å². The summed E-state index contributed by atoms with van der Waals surface area (Å²) in [6.45, 7) is 1.91. The van der Waals surface area contributed by atoms with Gasteiger partial charge in [0.25, 0.3) is 11.8 Å². The number of nitrogens with zero attached hydrogens (tertiary/aromatic N) is 3. The van der Waals surface area contributed by atoms with Gasteiger partial charge in [0.2, 0.25) is 5.91 Å². The number of hydrogen-bond acceptors (Lipinski definition) is 4. The molecule has 0 radical (unpaired) electrons. The first-order valence-corrected chi connectivity index (χ1v) is 11.4. The van der Waals surface area contributed by atoms with Crippen molar-refractivity contribution in [1.29, 1.82) is 0 Å². The number of halogens is 1. The summed E-state index contributed by atoms with van der Waals surface area (Å²) < 4.78 is 1.45.